The number of anilines is 1. The lowest BCUT2D eigenvalue weighted by Crippen LogP contribution is -2.42. The number of carbonyl (C=O) groups excluding carboxylic acids is 2. The molecule has 0 spiro atoms. The maximum atomic E-state index is 14.5. The summed E-state index contributed by atoms with van der Waals surface area (Å²) in [5.74, 6) is -2.75. The van der Waals surface area contributed by atoms with Gasteiger partial charge in [-0.2, -0.15) is 26.3 Å². The highest BCUT2D eigenvalue weighted by atomic mass is 19.4. The SMILES string of the molecule is CC[C@H](C)[C@H]1CN(c2ncc(C(F)(F)F)cc2F)C(=O)N1CC(=O)Cc1cc(C(F)(F)F)ccn1. The number of alkyl halides is 6. The van der Waals surface area contributed by atoms with Crippen LogP contribution >= 0.6 is 0 Å². The number of Topliss-reactive ketones (excluding diaryl/α,β-unsaturated/α-hetero) is 1. The molecular weight excluding hydrogens is 485 g/mol. The number of halogens is 7. The molecule has 0 N–H and O–H groups in total. The molecule has 0 aliphatic carbocycles. The summed E-state index contributed by atoms with van der Waals surface area (Å²) in [5, 5.41) is 0. The molecular formula is C22H21F7N4O2. The summed E-state index contributed by atoms with van der Waals surface area (Å²) in [5.41, 5.74) is -2.42. The van der Waals surface area contributed by atoms with Crippen molar-refractivity contribution in [2.45, 2.75) is 45.1 Å². The van der Waals surface area contributed by atoms with Crippen LogP contribution in [0.1, 0.15) is 37.1 Å². The number of aromatic nitrogens is 2. The van der Waals surface area contributed by atoms with Crippen molar-refractivity contribution in [3.8, 4) is 0 Å². The normalized spacial score (nSPS) is 17.7. The van der Waals surface area contributed by atoms with Crippen LogP contribution in [0.15, 0.2) is 30.6 Å². The Balaban J connectivity index is 1.82. The molecule has 190 valence electrons. The number of ketones is 1. The van der Waals surface area contributed by atoms with Crippen molar-refractivity contribution >= 4 is 17.6 Å². The van der Waals surface area contributed by atoms with Gasteiger partial charge < -0.3 is 4.90 Å². The Morgan fingerprint density at radius 2 is 1.77 bits per heavy atom. The fourth-order valence-corrected chi connectivity index (χ4v) is 3.77. The van der Waals surface area contributed by atoms with E-state index in [1.54, 1.807) is 6.92 Å². The van der Waals surface area contributed by atoms with E-state index < -0.39 is 65.9 Å². The molecule has 1 aliphatic rings. The van der Waals surface area contributed by atoms with E-state index in [4.69, 9.17) is 0 Å². The summed E-state index contributed by atoms with van der Waals surface area (Å²) in [6.07, 6.45) is -8.02. The van der Waals surface area contributed by atoms with E-state index in [1.165, 1.54) is 0 Å². The Labute approximate surface area is 195 Å². The summed E-state index contributed by atoms with van der Waals surface area (Å²) in [6.45, 7) is 2.98. The molecule has 0 aromatic carbocycles. The van der Waals surface area contributed by atoms with Gasteiger partial charge in [-0.25, -0.2) is 14.2 Å². The first-order chi connectivity index (χ1) is 16.2. The lowest BCUT2D eigenvalue weighted by Gasteiger charge is -2.26. The summed E-state index contributed by atoms with van der Waals surface area (Å²) < 4.78 is 91.8. The van der Waals surface area contributed by atoms with Gasteiger partial charge in [0.05, 0.1) is 36.7 Å². The number of nitrogens with zero attached hydrogens (tertiary/aromatic N) is 4. The van der Waals surface area contributed by atoms with Crippen LogP contribution in [0.2, 0.25) is 0 Å². The van der Waals surface area contributed by atoms with Crippen LogP contribution < -0.4 is 4.90 Å². The molecule has 13 heteroatoms. The molecule has 0 bridgehead atoms. The van der Waals surface area contributed by atoms with Gasteiger partial charge in [-0.05, 0) is 24.1 Å². The molecule has 1 fully saturated rings. The highest BCUT2D eigenvalue weighted by molar-refractivity contribution is 5.97. The first-order valence-electron chi connectivity index (χ1n) is 10.6. The molecule has 3 heterocycles. The zero-order valence-corrected chi connectivity index (χ0v) is 18.6. The molecule has 2 amide bonds. The summed E-state index contributed by atoms with van der Waals surface area (Å²) in [6, 6.07) is 0.298. The van der Waals surface area contributed by atoms with Crippen LogP contribution in [0.4, 0.5) is 41.3 Å². The van der Waals surface area contributed by atoms with Crippen molar-refractivity contribution < 1.29 is 40.3 Å². The molecule has 1 aliphatic heterocycles. The highest BCUT2D eigenvalue weighted by Gasteiger charge is 2.43. The van der Waals surface area contributed by atoms with E-state index in [-0.39, 0.29) is 24.2 Å². The number of hydrogen-bond donors (Lipinski definition) is 0. The third-order valence-electron chi connectivity index (χ3n) is 5.82. The van der Waals surface area contributed by atoms with Gasteiger partial charge in [0, 0.05) is 18.1 Å². The molecule has 0 radical (unpaired) electrons. The van der Waals surface area contributed by atoms with Gasteiger partial charge in [0.1, 0.15) is 0 Å². The summed E-state index contributed by atoms with van der Waals surface area (Å²) >= 11 is 0. The first-order valence-corrected chi connectivity index (χ1v) is 10.6. The molecule has 1 saturated heterocycles. The van der Waals surface area contributed by atoms with Gasteiger partial charge >= 0.3 is 18.4 Å². The van der Waals surface area contributed by atoms with Gasteiger partial charge in [0.2, 0.25) is 0 Å². The largest absolute Gasteiger partial charge is 0.417 e. The van der Waals surface area contributed by atoms with Crippen molar-refractivity contribution in [1.29, 1.82) is 0 Å². The number of hydrogen-bond acceptors (Lipinski definition) is 4. The Kier molecular flexibility index (Phi) is 7.37. The molecule has 6 nitrogen and oxygen atoms in total. The standard InChI is InChI=1S/C22H21F7N4O2/c1-3-12(2)18-11-33(19-17(23)7-14(9-31-19)22(27,28)29)20(35)32(18)10-16(34)8-15-6-13(4-5-30-15)21(24,25)26/h4-7,9,12,18H,3,8,10-11H2,1-2H3/t12-,18+/m0/s1. The van der Waals surface area contributed by atoms with Crippen LogP contribution in [0.5, 0.6) is 0 Å². The summed E-state index contributed by atoms with van der Waals surface area (Å²) in [4.78, 5) is 35.0. The second-order valence-corrected chi connectivity index (χ2v) is 8.25. The number of pyridine rings is 2. The number of amides is 2. The maximum absolute atomic E-state index is 14.5. The van der Waals surface area contributed by atoms with Gasteiger partial charge in [-0.1, -0.05) is 20.3 Å². The molecule has 35 heavy (non-hydrogen) atoms. The van der Waals surface area contributed by atoms with Crippen LogP contribution in [-0.4, -0.2) is 45.8 Å². The first kappa shape index (κ1) is 26.4. The van der Waals surface area contributed by atoms with Gasteiger partial charge in [0.25, 0.3) is 0 Å². The lowest BCUT2D eigenvalue weighted by atomic mass is 9.98. The quantitative estimate of drug-likeness (QED) is 0.489. The van der Waals surface area contributed by atoms with Gasteiger partial charge in [-0.3, -0.25) is 14.7 Å². The molecule has 0 saturated carbocycles. The Hall–Kier alpha value is -3.25. The van der Waals surface area contributed by atoms with Crippen LogP contribution in [0, 0.1) is 11.7 Å². The van der Waals surface area contributed by atoms with Crippen molar-refractivity contribution in [3.63, 3.8) is 0 Å². The van der Waals surface area contributed by atoms with E-state index in [0.29, 0.717) is 12.6 Å². The van der Waals surface area contributed by atoms with Crippen molar-refractivity contribution in [3.05, 3.63) is 53.2 Å². The third kappa shape index (κ3) is 5.88. The summed E-state index contributed by atoms with van der Waals surface area (Å²) in [7, 11) is 0. The number of carbonyl (C=O) groups is 2. The van der Waals surface area contributed by atoms with Crippen LogP contribution in [0.3, 0.4) is 0 Å². The highest BCUT2D eigenvalue weighted by Crippen LogP contribution is 2.34. The monoisotopic (exact) mass is 506 g/mol. The minimum atomic E-state index is -4.82. The van der Waals surface area contributed by atoms with E-state index in [1.807, 2.05) is 6.92 Å². The predicted octanol–water partition coefficient (Wildman–Crippen LogP) is 5.12. The molecule has 3 rings (SSSR count). The minimum absolute atomic E-state index is 0.127. The van der Waals surface area contributed by atoms with E-state index in [2.05, 4.69) is 9.97 Å². The average Bonchev–Trinajstić information content (AvgIpc) is 3.08. The Morgan fingerprint density at radius 3 is 2.34 bits per heavy atom. The number of rotatable bonds is 7. The van der Waals surface area contributed by atoms with E-state index in [0.717, 1.165) is 28.1 Å². The minimum Gasteiger partial charge on any atom is -0.312 e. The molecule has 2 atom stereocenters. The number of urea groups is 1. The van der Waals surface area contributed by atoms with Gasteiger partial charge in [-0.15, -0.1) is 0 Å². The smallest absolute Gasteiger partial charge is 0.312 e. The van der Waals surface area contributed by atoms with E-state index in [9.17, 15) is 40.3 Å². The average molecular weight is 506 g/mol. The van der Waals surface area contributed by atoms with Crippen LogP contribution in [0.25, 0.3) is 0 Å². The fourth-order valence-electron chi connectivity index (χ4n) is 3.77. The zero-order valence-electron chi connectivity index (χ0n) is 18.6. The van der Waals surface area contributed by atoms with Crippen molar-refractivity contribution in [2.24, 2.45) is 5.92 Å². The maximum Gasteiger partial charge on any atom is 0.417 e. The Bertz CT molecular complexity index is 1100. The lowest BCUT2D eigenvalue weighted by molar-refractivity contribution is -0.138. The third-order valence-corrected chi connectivity index (χ3v) is 5.82. The van der Waals surface area contributed by atoms with Crippen LogP contribution in [-0.2, 0) is 23.6 Å². The Morgan fingerprint density at radius 1 is 1.11 bits per heavy atom. The topological polar surface area (TPSA) is 66.4 Å². The fraction of sp³-hybridized carbons (Fsp3) is 0.455. The van der Waals surface area contributed by atoms with Gasteiger partial charge in [0.15, 0.2) is 17.4 Å². The molecule has 2 aromatic heterocycles. The second kappa shape index (κ2) is 9.78. The molecule has 0 unspecified atom stereocenters. The predicted molar refractivity (Wildman–Crippen MR) is 110 cm³/mol. The van der Waals surface area contributed by atoms with Crippen molar-refractivity contribution in [2.75, 3.05) is 18.0 Å². The molecule has 2 aromatic rings. The second-order valence-electron chi connectivity index (χ2n) is 8.25. The van der Waals surface area contributed by atoms with E-state index >= 15 is 0 Å². The zero-order chi connectivity index (χ0) is 26.1. The van der Waals surface area contributed by atoms with Crippen molar-refractivity contribution in [1.82, 2.24) is 14.9 Å².